The van der Waals surface area contributed by atoms with Crippen molar-refractivity contribution >= 4 is 38.1 Å². The van der Waals surface area contributed by atoms with Gasteiger partial charge in [-0.2, -0.15) is 5.10 Å². The lowest BCUT2D eigenvalue weighted by atomic mass is 10.1. The molecule has 0 aliphatic heterocycles. The average molecular weight is 550 g/mol. The largest absolute Gasteiger partial charge is 0.340 e. The quantitative estimate of drug-likeness (QED) is 0.270. The molecule has 39 heavy (non-hydrogen) atoms. The summed E-state index contributed by atoms with van der Waals surface area (Å²) in [6.07, 6.45) is 3.29. The van der Waals surface area contributed by atoms with Gasteiger partial charge in [-0.05, 0) is 62.6 Å². The summed E-state index contributed by atoms with van der Waals surface area (Å²) in [4.78, 5) is 9.75. The molecule has 0 aliphatic carbocycles. The Morgan fingerprint density at radius 3 is 2.36 bits per heavy atom. The summed E-state index contributed by atoms with van der Waals surface area (Å²) in [5.41, 5.74) is 3.43. The molecule has 5 rings (SSSR count). The number of halogens is 2. The molecule has 0 radical (unpaired) electrons. The highest BCUT2D eigenvalue weighted by Crippen LogP contribution is 2.26. The van der Waals surface area contributed by atoms with Crippen molar-refractivity contribution in [1.82, 2.24) is 24.6 Å². The van der Waals surface area contributed by atoms with E-state index in [0.29, 0.717) is 17.2 Å². The Morgan fingerprint density at radius 2 is 1.64 bits per heavy atom. The number of likely N-dealkylation sites (N-methyl/N-ethyl adjacent to an activating group) is 1. The summed E-state index contributed by atoms with van der Waals surface area (Å²) in [5.74, 6) is -1.81. The van der Waals surface area contributed by atoms with Gasteiger partial charge in [0.2, 0.25) is 0 Å². The van der Waals surface area contributed by atoms with Crippen molar-refractivity contribution in [2.75, 3.05) is 30.7 Å². The maximum Gasteiger partial charge on any atom is 0.267 e. The van der Waals surface area contributed by atoms with E-state index < -0.39 is 26.6 Å². The van der Waals surface area contributed by atoms with Gasteiger partial charge in [-0.3, -0.25) is 9.40 Å². The molecule has 0 fully saturated rings. The van der Waals surface area contributed by atoms with Gasteiger partial charge in [0.15, 0.2) is 4.90 Å². The third-order valence-electron chi connectivity index (χ3n) is 5.96. The normalized spacial score (nSPS) is 11.7. The first-order valence-corrected chi connectivity index (χ1v) is 13.4. The van der Waals surface area contributed by atoms with Gasteiger partial charge in [-0.15, -0.1) is 0 Å². The first-order valence-electron chi connectivity index (χ1n) is 12.0. The third kappa shape index (κ3) is 5.86. The lowest BCUT2D eigenvalue weighted by Gasteiger charge is -2.11. The standard InChI is InChI=1S/C27H25F2N7O2S/c1-35(2)12-13-36-25-11-6-18(14-19(25)16-32-36)24-15-26(31-17-30-24)33-20-7-9-21(10-8-20)34-39(37,38)27-22(28)4-3-5-23(27)29/h3-11,14-17,34H,12-13H2,1-2H3,(H,30,31,33). The van der Waals surface area contributed by atoms with Crippen LogP contribution in [-0.4, -0.2) is 53.7 Å². The van der Waals surface area contributed by atoms with E-state index in [1.807, 2.05) is 43.2 Å². The van der Waals surface area contributed by atoms with Crippen molar-refractivity contribution in [3.05, 3.63) is 90.9 Å². The summed E-state index contributed by atoms with van der Waals surface area (Å²) in [7, 11) is -0.404. The summed E-state index contributed by atoms with van der Waals surface area (Å²) in [5, 5.41) is 8.66. The zero-order valence-corrected chi connectivity index (χ0v) is 22.0. The molecule has 0 atom stereocenters. The summed E-state index contributed by atoms with van der Waals surface area (Å²) in [6, 6.07) is 16.9. The van der Waals surface area contributed by atoms with Crippen molar-refractivity contribution in [2.24, 2.45) is 0 Å². The Kier molecular flexibility index (Phi) is 7.22. The van der Waals surface area contributed by atoms with Crippen LogP contribution in [-0.2, 0) is 16.6 Å². The highest BCUT2D eigenvalue weighted by Gasteiger charge is 2.23. The minimum absolute atomic E-state index is 0.144. The van der Waals surface area contributed by atoms with E-state index in [9.17, 15) is 17.2 Å². The van der Waals surface area contributed by atoms with Crippen LogP contribution in [0.15, 0.2) is 84.1 Å². The van der Waals surface area contributed by atoms with Crippen LogP contribution < -0.4 is 10.0 Å². The molecule has 2 aromatic heterocycles. The van der Waals surface area contributed by atoms with Crippen molar-refractivity contribution in [3.63, 3.8) is 0 Å². The summed E-state index contributed by atoms with van der Waals surface area (Å²) in [6.45, 7) is 1.67. The Balaban J connectivity index is 1.30. The molecule has 0 unspecified atom stereocenters. The number of benzene rings is 3. The number of rotatable bonds is 9. The Labute approximate surface area is 224 Å². The highest BCUT2D eigenvalue weighted by molar-refractivity contribution is 7.92. The van der Waals surface area contributed by atoms with E-state index >= 15 is 0 Å². The van der Waals surface area contributed by atoms with Crippen molar-refractivity contribution in [1.29, 1.82) is 0 Å². The maximum absolute atomic E-state index is 14.0. The molecule has 2 heterocycles. The number of sulfonamides is 1. The van der Waals surface area contributed by atoms with E-state index in [-0.39, 0.29) is 5.69 Å². The Hall–Kier alpha value is -4.42. The van der Waals surface area contributed by atoms with Crippen LogP contribution in [0.1, 0.15) is 0 Å². The van der Waals surface area contributed by atoms with Gasteiger partial charge in [0.25, 0.3) is 10.0 Å². The Morgan fingerprint density at radius 1 is 0.923 bits per heavy atom. The molecule has 2 N–H and O–H groups in total. The number of nitrogens with one attached hydrogen (secondary N) is 2. The fourth-order valence-corrected chi connectivity index (χ4v) is 5.22. The fourth-order valence-electron chi connectivity index (χ4n) is 4.02. The van der Waals surface area contributed by atoms with Crippen LogP contribution in [0.3, 0.4) is 0 Å². The van der Waals surface area contributed by atoms with E-state index in [1.165, 1.54) is 18.5 Å². The van der Waals surface area contributed by atoms with Crippen LogP contribution in [0.4, 0.5) is 26.0 Å². The zero-order valence-electron chi connectivity index (χ0n) is 21.1. The van der Waals surface area contributed by atoms with Gasteiger partial charge in [0.1, 0.15) is 23.8 Å². The van der Waals surface area contributed by atoms with Gasteiger partial charge in [-0.1, -0.05) is 12.1 Å². The van der Waals surface area contributed by atoms with Gasteiger partial charge >= 0.3 is 0 Å². The van der Waals surface area contributed by atoms with Crippen LogP contribution in [0.25, 0.3) is 22.2 Å². The van der Waals surface area contributed by atoms with E-state index in [2.05, 4.69) is 30.0 Å². The van der Waals surface area contributed by atoms with Crippen LogP contribution in [0.2, 0.25) is 0 Å². The highest BCUT2D eigenvalue weighted by atomic mass is 32.2. The molecule has 0 aliphatic rings. The van der Waals surface area contributed by atoms with Crippen LogP contribution >= 0.6 is 0 Å². The monoisotopic (exact) mass is 549 g/mol. The minimum atomic E-state index is -4.45. The molecule has 3 aromatic carbocycles. The van der Waals surface area contributed by atoms with E-state index in [4.69, 9.17) is 0 Å². The first-order chi connectivity index (χ1) is 18.7. The van der Waals surface area contributed by atoms with Gasteiger partial charge in [0.05, 0.1) is 24.0 Å². The molecule has 12 heteroatoms. The number of nitrogens with zero attached hydrogens (tertiary/aromatic N) is 5. The fraction of sp³-hybridized carbons (Fsp3) is 0.148. The van der Waals surface area contributed by atoms with Crippen LogP contribution in [0.5, 0.6) is 0 Å². The van der Waals surface area contributed by atoms with Gasteiger partial charge < -0.3 is 10.2 Å². The lowest BCUT2D eigenvalue weighted by molar-refractivity contribution is 0.377. The number of hydrogen-bond donors (Lipinski definition) is 2. The molecule has 0 amide bonds. The number of anilines is 3. The number of aromatic nitrogens is 4. The van der Waals surface area contributed by atoms with E-state index in [0.717, 1.165) is 47.8 Å². The maximum atomic E-state index is 14.0. The molecule has 200 valence electrons. The second-order valence-electron chi connectivity index (χ2n) is 9.09. The van der Waals surface area contributed by atoms with Crippen LogP contribution in [0, 0.1) is 11.6 Å². The van der Waals surface area contributed by atoms with Crippen molar-refractivity contribution < 1.29 is 17.2 Å². The molecule has 5 aromatic rings. The summed E-state index contributed by atoms with van der Waals surface area (Å²) < 4.78 is 57.1. The lowest BCUT2D eigenvalue weighted by Crippen LogP contribution is -2.18. The molecule has 0 spiro atoms. The number of hydrogen-bond acceptors (Lipinski definition) is 7. The second kappa shape index (κ2) is 10.8. The summed E-state index contributed by atoms with van der Waals surface area (Å²) >= 11 is 0. The molecular formula is C27H25F2N7O2S. The first kappa shape index (κ1) is 26.2. The molecule has 0 bridgehead atoms. The van der Waals surface area contributed by atoms with Gasteiger partial charge in [0, 0.05) is 34.9 Å². The topological polar surface area (TPSA) is 105 Å². The molecule has 0 saturated heterocycles. The molecule has 0 saturated carbocycles. The average Bonchev–Trinajstić information content (AvgIpc) is 3.30. The zero-order chi connectivity index (χ0) is 27.6. The van der Waals surface area contributed by atoms with Gasteiger partial charge in [-0.25, -0.2) is 27.2 Å². The van der Waals surface area contributed by atoms with E-state index in [1.54, 1.807) is 18.2 Å². The SMILES string of the molecule is CN(C)CCn1ncc2cc(-c3cc(Nc4ccc(NS(=O)(=O)c5c(F)cccc5F)cc4)ncn3)ccc21. The van der Waals surface area contributed by atoms with Crippen molar-refractivity contribution in [3.8, 4) is 11.3 Å². The number of fused-ring (bicyclic) bond motifs is 1. The second-order valence-corrected chi connectivity index (χ2v) is 10.7. The van der Waals surface area contributed by atoms with Crippen molar-refractivity contribution in [2.45, 2.75) is 11.4 Å². The molecular weight excluding hydrogens is 524 g/mol. The molecule has 9 nitrogen and oxygen atoms in total. The smallest absolute Gasteiger partial charge is 0.267 e. The minimum Gasteiger partial charge on any atom is -0.340 e. The third-order valence-corrected chi connectivity index (χ3v) is 7.39. The Bertz CT molecular complexity index is 1720. The predicted octanol–water partition coefficient (Wildman–Crippen LogP) is 4.88. The predicted molar refractivity (Wildman–Crippen MR) is 146 cm³/mol.